The van der Waals surface area contributed by atoms with Crippen LogP contribution in [0.3, 0.4) is 0 Å². The van der Waals surface area contributed by atoms with E-state index in [4.69, 9.17) is 14.2 Å². The van der Waals surface area contributed by atoms with Crippen molar-refractivity contribution >= 4 is 23.6 Å². The third-order valence-corrected chi connectivity index (χ3v) is 4.70. The molecule has 0 aromatic heterocycles. The number of ketones is 1. The average Bonchev–Trinajstić information content (AvgIpc) is 3.11. The zero-order chi connectivity index (χ0) is 18.5. The molecule has 0 bridgehead atoms. The maximum atomic E-state index is 12.7. The summed E-state index contributed by atoms with van der Waals surface area (Å²) in [5, 5.41) is 9.84. The number of phenolic OH excluding ortho intramolecular Hbond substituents is 1. The molecule has 1 heterocycles. The first-order valence-electron chi connectivity index (χ1n) is 8.28. The predicted octanol–water partition coefficient (Wildman–Crippen LogP) is 4.53. The molecule has 5 nitrogen and oxygen atoms in total. The van der Waals surface area contributed by atoms with Gasteiger partial charge in [0.05, 0.1) is 24.2 Å². The van der Waals surface area contributed by atoms with Crippen molar-refractivity contribution in [3.05, 3.63) is 47.5 Å². The Bertz CT molecular complexity index is 844. The van der Waals surface area contributed by atoms with Crippen LogP contribution in [0.25, 0.3) is 6.08 Å². The minimum absolute atomic E-state index is 0.0250. The number of aromatic hydroxyl groups is 1. The Labute approximate surface area is 156 Å². The number of phenols is 1. The molecular formula is C20H20O5S. The second-order valence-corrected chi connectivity index (χ2v) is 6.64. The summed E-state index contributed by atoms with van der Waals surface area (Å²) in [5.41, 5.74) is 1.16. The first-order chi connectivity index (χ1) is 12.6. The summed E-state index contributed by atoms with van der Waals surface area (Å²) in [6.45, 7) is 2.56. The van der Waals surface area contributed by atoms with Crippen LogP contribution in [0.4, 0.5) is 0 Å². The van der Waals surface area contributed by atoms with Gasteiger partial charge < -0.3 is 19.3 Å². The largest absolute Gasteiger partial charge is 0.504 e. The summed E-state index contributed by atoms with van der Waals surface area (Å²) in [6.07, 6.45) is 3.97. The van der Waals surface area contributed by atoms with Crippen LogP contribution in [0, 0.1) is 0 Å². The van der Waals surface area contributed by atoms with Gasteiger partial charge in [0.15, 0.2) is 17.3 Å². The third kappa shape index (κ3) is 3.96. The van der Waals surface area contributed by atoms with Gasteiger partial charge in [-0.25, -0.2) is 0 Å². The molecule has 0 aliphatic carbocycles. The number of rotatable bonds is 7. The molecule has 3 rings (SSSR count). The lowest BCUT2D eigenvalue weighted by Crippen LogP contribution is -2.03. The summed E-state index contributed by atoms with van der Waals surface area (Å²) in [6, 6.07) is 8.55. The SMILES string of the molecule is CCCOc1cc2c(cc1C(=O)/C=C/c1ccc(OC)c(O)c1)OCS2. The highest BCUT2D eigenvalue weighted by atomic mass is 32.2. The van der Waals surface area contributed by atoms with Crippen molar-refractivity contribution in [2.24, 2.45) is 0 Å². The van der Waals surface area contributed by atoms with Crippen molar-refractivity contribution < 1.29 is 24.1 Å². The van der Waals surface area contributed by atoms with Crippen molar-refractivity contribution in [1.82, 2.24) is 0 Å². The summed E-state index contributed by atoms with van der Waals surface area (Å²) >= 11 is 1.58. The Kier molecular flexibility index (Phi) is 5.73. The Hall–Kier alpha value is -2.60. The fourth-order valence-electron chi connectivity index (χ4n) is 2.52. The zero-order valence-electron chi connectivity index (χ0n) is 14.7. The second-order valence-electron chi connectivity index (χ2n) is 5.68. The van der Waals surface area contributed by atoms with Gasteiger partial charge in [0.2, 0.25) is 0 Å². The van der Waals surface area contributed by atoms with Crippen molar-refractivity contribution in [1.29, 1.82) is 0 Å². The zero-order valence-corrected chi connectivity index (χ0v) is 15.5. The van der Waals surface area contributed by atoms with Gasteiger partial charge in [-0.05, 0) is 42.3 Å². The summed E-state index contributed by atoms with van der Waals surface area (Å²) in [7, 11) is 1.49. The second kappa shape index (κ2) is 8.19. The van der Waals surface area contributed by atoms with Gasteiger partial charge in [0, 0.05) is 0 Å². The normalized spacial score (nSPS) is 12.7. The van der Waals surface area contributed by atoms with Gasteiger partial charge in [0.1, 0.15) is 17.4 Å². The van der Waals surface area contributed by atoms with Gasteiger partial charge in [-0.3, -0.25) is 4.79 Å². The maximum absolute atomic E-state index is 12.7. The molecule has 0 saturated carbocycles. The molecule has 1 aliphatic heterocycles. The van der Waals surface area contributed by atoms with Crippen LogP contribution >= 0.6 is 11.8 Å². The molecule has 0 spiro atoms. The number of allylic oxidation sites excluding steroid dienone is 1. The van der Waals surface area contributed by atoms with E-state index in [0.29, 0.717) is 40.9 Å². The number of benzene rings is 2. The van der Waals surface area contributed by atoms with Crippen molar-refractivity contribution in [3.8, 4) is 23.0 Å². The van der Waals surface area contributed by atoms with E-state index in [1.165, 1.54) is 13.2 Å². The van der Waals surface area contributed by atoms with E-state index in [-0.39, 0.29) is 11.5 Å². The fourth-order valence-corrected chi connectivity index (χ4v) is 3.28. The van der Waals surface area contributed by atoms with E-state index >= 15 is 0 Å². The number of fused-ring (bicyclic) bond motifs is 1. The molecule has 0 amide bonds. The minimum atomic E-state index is -0.185. The third-order valence-electron chi connectivity index (χ3n) is 3.83. The molecule has 0 fully saturated rings. The lowest BCUT2D eigenvalue weighted by Gasteiger charge is -2.11. The Morgan fingerprint density at radius 3 is 2.88 bits per heavy atom. The van der Waals surface area contributed by atoms with E-state index in [1.807, 2.05) is 13.0 Å². The summed E-state index contributed by atoms with van der Waals surface area (Å²) in [5.74, 6) is 2.04. The van der Waals surface area contributed by atoms with E-state index < -0.39 is 0 Å². The Morgan fingerprint density at radius 1 is 1.31 bits per heavy atom. The molecule has 0 radical (unpaired) electrons. The van der Waals surface area contributed by atoms with E-state index in [9.17, 15) is 9.90 Å². The molecule has 26 heavy (non-hydrogen) atoms. The van der Waals surface area contributed by atoms with Gasteiger partial charge >= 0.3 is 0 Å². The fraction of sp³-hybridized carbons (Fsp3) is 0.250. The number of hydrogen-bond acceptors (Lipinski definition) is 6. The molecule has 2 aromatic rings. The van der Waals surface area contributed by atoms with Gasteiger partial charge in [-0.15, -0.1) is 0 Å². The van der Waals surface area contributed by atoms with Crippen LogP contribution in [0.1, 0.15) is 29.3 Å². The number of ether oxygens (including phenoxy) is 3. The van der Waals surface area contributed by atoms with Gasteiger partial charge in [-0.2, -0.15) is 0 Å². The molecule has 1 N–H and O–H groups in total. The van der Waals surface area contributed by atoms with Crippen LogP contribution in [-0.2, 0) is 0 Å². The van der Waals surface area contributed by atoms with E-state index in [0.717, 1.165) is 11.3 Å². The molecule has 6 heteroatoms. The highest BCUT2D eigenvalue weighted by Crippen LogP contribution is 2.41. The highest BCUT2D eigenvalue weighted by Gasteiger charge is 2.20. The number of carbonyl (C=O) groups is 1. The lowest BCUT2D eigenvalue weighted by atomic mass is 10.1. The molecule has 136 valence electrons. The van der Waals surface area contributed by atoms with E-state index in [1.54, 1.807) is 42.1 Å². The molecule has 2 aromatic carbocycles. The molecule has 0 unspecified atom stereocenters. The topological polar surface area (TPSA) is 65.0 Å². The quantitative estimate of drug-likeness (QED) is 0.569. The summed E-state index contributed by atoms with van der Waals surface area (Å²) in [4.78, 5) is 13.7. The Morgan fingerprint density at radius 2 is 2.15 bits per heavy atom. The van der Waals surface area contributed by atoms with Crippen molar-refractivity contribution in [3.63, 3.8) is 0 Å². The smallest absolute Gasteiger partial charge is 0.189 e. The molecular weight excluding hydrogens is 352 g/mol. The van der Waals surface area contributed by atoms with Crippen LogP contribution in [0.15, 0.2) is 41.3 Å². The van der Waals surface area contributed by atoms with Crippen LogP contribution in [0.5, 0.6) is 23.0 Å². The number of hydrogen-bond donors (Lipinski definition) is 1. The molecule has 0 atom stereocenters. The number of methoxy groups -OCH3 is 1. The van der Waals surface area contributed by atoms with Gasteiger partial charge in [0.25, 0.3) is 0 Å². The molecule has 0 saturated heterocycles. The predicted molar refractivity (Wildman–Crippen MR) is 102 cm³/mol. The van der Waals surface area contributed by atoms with Crippen LogP contribution < -0.4 is 14.2 Å². The first kappa shape index (κ1) is 18.2. The average molecular weight is 372 g/mol. The van der Waals surface area contributed by atoms with Gasteiger partial charge in [-0.1, -0.05) is 30.8 Å². The first-order valence-corrected chi connectivity index (χ1v) is 9.26. The lowest BCUT2D eigenvalue weighted by molar-refractivity contribution is 0.104. The van der Waals surface area contributed by atoms with Crippen LogP contribution in [-0.4, -0.2) is 30.5 Å². The monoisotopic (exact) mass is 372 g/mol. The van der Waals surface area contributed by atoms with Crippen molar-refractivity contribution in [2.45, 2.75) is 18.2 Å². The summed E-state index contributed by atoms with van der Waals surface area (Å²) < 4.78 is 16.3. The van der Waals surface area contributed by atoms with Crippen molar-refractivity contribution in [2.75, 3.05) is 19.7 Å². The minimum Gasteiger partial charge on any atom is -0.504 e. The Balaban J connectivity index is 1.85. The molecule has 1 aliphatic rings. The number of carbonyl (C=O) groups excluding carboxylic acids is 1. The maximum Gasteiger partial charge on any atom is 0.189 e. The van der Waals surface area contributed by atoms with Crippen LogP contribution in [0.2, 0.25) is 0 Å². The number of thioether (sulfide) groups is 1. The highest BCUT2D eigenvalue weighted by molar-refractivity contribution is 7.99. The van der Waals surface area contributed by atoms with E-state index in [2.05, 4.69) is 0 Å². The standard InChI is InChI=1S/C20H20O5S/c1-3-8-24-18-11-20-19(25-12-26-20)10-14(18)15(21)6-4-13-5-7-17(23-2)16(22)9-13/h4-7,9-11,22H,3,8,12H2,1-2H3/b6-4+.